The number of ether oxygens (including phenoxy) is 1. The molecule has 1 nitrogen and oxygen atoms in total. The van der Waals surface area contributed by atoms with Crippen LogP contribution in [0.25, 0.3) is 0 Å². The van der Waals surface area contributed by atoms with Crippen LogP contribution in [-0.2, 0) is 0 Å². The van der Waals surface area contributed by atoms with Gasteiger partial charge in [-0.3, -0.25) is 0 Å². The van der Waals surface area contributed by atoms with Crippen LogP contribution in [-0.4, -0.2) is 26.2 Å². The second-order valence-corrected chi connectivity index (χ2v) is 5.18. The largest absolute Gasteiger partial charge is 0.491 e. The van der Waals surface area contributed by atoms with Gasteiger partial charge in [0.15, 0.2) is 29.2 Å². The number of rotatable bonds is 3. The van der Waals surface area contributed by atoms with Gasteiger partial charge in [0.25, 0.3) is 0 Å². The average molecular weight is 338 g/mol. The topological polar surface area (TPSA) is 9.23 Å². The van der Waals surface area contributed by atoms with Gasteiger partial charge < -0.3 is 4.74 Å². The molecule has 1 aromatic carbocycles. The zero-order chi connectivity index (χ0) is 17.5. The summed E-state index contributed by atoms with van der Waals surface area (Å²) in [6.07, 6.45) is -2.63. The molecular weight excluding hydrogens is 328 g/mol. The molecule has 0 aromatic heterocycles. The molecule has 0 spiro atoms. The number of benzene rings is 1. The summed E-state index contributed by atoms with van der Waals surface area (Å²) in [5, 5.41) is 0. The molecule has 1 aromatic rings. The first-order valence-electron chi connectivity index (χ1n) is 6.40. The zero-order valence-corrected chi connectivity index (χ0v) is 12.0. The third-order valence-electron chi connectivity index (χ3n) is 3.48. The smallest absolute Gasteiger partial charge is 0.207 e. The summed E-state index contributed by atoms with van der Waals surface area (Å²) in [5.74, 6) is -8.53. The maximum absolute atomic E-state index is 14.0. The minimum absolute atomic E-state index is 0.187. The monoisotopic (exact) mass is 338 g/mol. The van der Waals surface area contributed by atoms with Crippen LogP contribution in [0.1, 0.15) is 6.92 Å². The molecule has 0 amide bonds. The fraction of sp³-hybridized carbons (Fsp3) is 0.286. The van der Waals surface area contributed by atoms with Gasteiger partial charge >= 0.3 is 0 Å². The number of hydrogen-bond donors (Lipinski definition) is 0. The number of halogens is 7. The third-order valence-corrected chi connectivity index (χ3v) is 3.48. The molecular formula is C14H10BF7O. The fourth-order valence-corrected chi connectivity index (χ4v) is 2.23. The van der Waals surface area contributed by atoms with E-state index < -0.39 is 64.9 Å². The molecule has 23 heavy (non-hydrogen) atoms. The molecule has 0 heterocycles. The zero-order valence-electron chi connectivity index (χ0n) is 12.0. The first-order valence-corrected chi connectivity index (χ1v) is 6.40. The Labute approximate surface area is 127 Å². The molecule has 0 aliphatic heterocycles. The predicted molar refractivity (Wildman–Crippen MR) is 71.4 cm³/mol. The highest BCUT2D eigenvalue weighted by Crippen LogP contribution is 2.37. The molecule has 2 rings (SSSR count). The van der Waals surface area contributed by atoms with Gasteiger partial charge in [-0.1, -0.05) is 0 Å². The van der Waals surface area contributed by atoms with Crippen molar-refractivity contribution in [3.63, 3.8) is 0 Å². The Kier molecular flexibility index (Phi) is 4.50. The average Bonchev–Trinajstić information content (AvgIpc) is 2.44. The summed E-state index contributed by atoms with van der Waals surface area (Å²) in [7, 11) is -0.158. The van der Waals surface area contributed by atoms with Crippen molar-refractivity contribution in [3.05, 3.63) is 46.7 Å². The van der Waals surface area contributed by atoms with Crippen molar-refractivity contribution >= 4 is 12.7 Å². The van der Waals surface area contributed by atoms with E-state index in [1.54, 1.807) is 0 Å². The van der Waals surface area contributed by atoms with Gasteiger partial charge in [-0.15, -0.1) is 0 Å². The quantitative estimate of drug-likeness (QED) is 0.607. The molecule has 9 heteroatoms. The second-order valence-electron chi connectivity index (χ2n) is 5.18. The Bertz CT molecular complexity index is 712. The van der Waals surface area contributed by atoms with Crippen molar-refractivity contribution in [2.75, 3.05) is 7.11 Å². The summed E-state index contributed by atoms with van der Waals surface area (Å²) in [4.78, 5) is 0. The van der Waals surface area contributed by atoms with Gasteiger partial charge in [-0.05, 0) is 23.9 Å². The highest BCUT2D eigenvalue weighted by Gasteiger charge is 2.43. The lowest BCUT2D eigenvalue weighted by molar-refractivity contribution is 0.114. The maximum atomic E-state index is 14.0. The molecule has 1 aliphatic rings. The van der Waals surface area contributed by atoms with Gasteiger partial charge in [0, 0.05) is 6.07 Å². The fourth-order valence-electron chi connectivity index (χ4n) is 2.23. The summed E-state index contributed by atoms with van der Waals surface area (Å²) in [5.41, 5.74) is -4.89. The SMILES string of the molecule is COc1c(F)cc(F)c(BC2=C(F)C(F)C(C)(F)C=C2F)c1F. The van der Waals surface area contributed by atoms with E-state index in [0.29, 0.717) is 6.92 Å². The van der Waals surface area contributed by atoms with Crippen molar-refractivity contribution in [1.29, 1.82) is 0 Å². The van der Waals surface area contributed by atoms with Crippen molar-refractivity contribution < 1.29 is 35.5 Å². The Morgan fingerprint density at radius 2 is 1.74 bits per heavy atom. The summed E-state index contributed by atoms with van der Waals surface area (Å²) >= 11 is 0. The van der Waals surface area contributed by atoms with Crippen LogP contribution < -0.4 is 10.2 Å². The number of alkyl halides is 2. The Morgan fingerprint density at radius 1 is 1.13 bits per heavy atom. The maximum Gasteiger partial charge on any atom is 0.207 e. The first-order chi connectivity index (χ1) is 10.6. The van der Waals surface area contributed by atoms with Crippen molar-refractivity contribution in [1.82, 2.24) is 0 Å². The van der Waals surface area contributed by atoms with E-state index in [1.165, 1.54) is 0 Å². The molecule has 1 aliphatic carbocycles. The van der Waals surface area contributed by atoms with E-state index in [1.807, 2.05) is 0 Å². The number of hydrogen-bond acceptors (Lipinski definition) is 1. The van der Waals surface area contributed by atoms with Gasteiger partial charge in [0.1, 0.15) is 17.5 Å². The van der Waals surface area contributed by atoms with E-state index in [4.69, 9.17) is 0 Å². The van der Waals surface area contributed by atoms with Crippen LogP contribution in [0.5, 0.6) is 5.75 Å². The summed E-state index contributed by atoms with van der Waals surface area (Å²) in [6.45, 7) is 0.621. The van der Waals surface area contributed by atoms with E-state index in [0.717, 1.165) is 7.11 Å². The summed E-state index contributed by atoms with van der Waals surface area (Å²) in [6, 6.07) is 0.270. The Morgan fingerprint density at radius 3 is 2.30 bits per heavy atom. The first kappa shape index (κ1) is 17.4. The molecule has 0 radical (unpaired) electrons. The highest BCUT2D eigenvalue weighted by atomic mass is 19.2. The van der Waals surface area contributed by atoms with Crippen molar-refractivity contribution in [2.45, 2.75) is 18.8 Å². The van der Waals surface area contributed by atoms with Crippen LogP contribution in [0, 0.1) is 17.5 Å². The molecule has 124 valence electrons. The van der Waals surface area contributed by atoms with Crippen LogP contribution in [0.2, 0.25) is 0 Å². The number of methoxy groups -OCH3 is 1. The second kappa shape index (κ2) is 5.94. The lowest BCUT2D eigenvalue weighted by atomic mass is 9.60. The predicted octanol–water partition coefficient (Wildman–Crippen LogP) is 3.29. The van der Waals surface area contributed by atoms with Crippen molar-refractivity contribution in [2.24, 2.45) is 0 Å². The van der Waals surface area contributed by atoms with Gasteiger partial charge in [-0.25, -0.2) is 30.7 Å². The minimum atomic E-state index is -2.92. The van der Waals surface area contributed by atoms with E-state index in [-0.39, 0.29) is 12.1 Å². The van der Waals surface area contributed by atoms with Gasteiger partial charge in [0.2, 0.25) is 7.28 Å². The molecule has 2 unspecified atom stereocenters. The summed E-state index contributed by atoms with van der Waals surface area (Å²) < 4.78 is 100. The molecule has 0 saturated heterocycles. The molecule has 0 N–H and O–H groups in total. The van der Waals surface area contributed by atoms with Crippen molar-refractivity contribution in [3.8, 4) is 5.75 Å². The molecule has 2 atom stereocenters. The number of allylic oxidation sites excluding steroid dienone is 4. The normalized spacial score (nSPS) is 24.6. The molecule has 0 fully saturated rings. The minimum Gasteiger partial charge on any atom is -0.491 e. The van der Waals surface area contributed by atoms with Crippen LogP contribution in [0.4, 0.5) is 30.7 Å². The molecule has 0 saturated carbocycles. The lowest BCUT2D eigenvalue weighted by Gasteiger charge is -2.26. The van der Waals surface area contributed by atoms with E-state index >= 15 is 0 Å². The lowest BCUT2D eigenvalue weighted by Crippen LogP contribution is -2.36. The Hall–Kier alpha value is -1.93. The standard InChI is InChI=1S/C14H10BF7O/c1-14(22)4-7(18)9(11(20)13(14)21)15-8-5(16)3-6(17)12(23-2)10(8)19/h3-4,13,15H,1-2H3. The van der Waals surface area contributed by atoms with E-state index in [9.17, 15) is 30.7 Å². The molecule has 0 bridgehead atoms. The van der Waals surface area contributed by atoms with E-state index in [2.05, 4.69) is 4.74 Å². The van der Waals surface area contributed by atoms with Gasteiger partial charge in [0.05, 0.1) is 7.11 Å². The Balaban J connectivity index is 2.52. The highest BCUT2D eigenvalue weighted by molar-refractivity contribution is 6.62. The third kappa shape index (κ3) is 2.96. The van der Waals surface area contributed by atoms with Crippen LogP contribution in [0.15, 0.2) is 29.3 Å². The van der Waals surface area contributed by atoms with Crippen LogP contribution in [0.3, 0.4) is 0 Å². The van der Waals surface area contributed by atoms with Gasteiger partial charge in [-0.2, -0.15) is 0 Å². The van der Waals surface area contributed by atoms with Crippen LogP contribution >= 0.6 is 0 Å².